The van der Waals surface area contributed by atoms with Gasteiger partial charge in [0.1, 0.15) is 28.6 Å². The number of rotatable bonds is 5. The van der Waals surface area contributed by atoms with Gasteiger partial charge >= 0.3 is 0 Å². The van der Waals surface area contributed by atoms with Crippen LogP contribution in [0.15, 0.2) is 53.0 Å². The number of carbonyl (C=O) groups is 1. The predicted molar refractivity (Wildman–Crippen MR) is 121 cm³/mol. The van der Waals surface area contributed by atoms with Crippen LogP contribution in [0.5, 0.6) is 11.6 Å². The van der Waals surface area contributed by atoms with Crippen LogP contribution < -0.4 is 15.6 Å². The van der Waals surface area contributed by atoms with E-state index in [2.05, 4.69) is 10.3 Å². The lowest BCUT2D eigenvalue weighted by atomic mass is 10.1. The van der Waals surface area contributed by atoms with Gasteiger partial charge in [-0.1, -0.05) is 31.0 Å². The first-order valence-corrected chi connectivity index (χ1v) is 10.7. The van der Waals surface area contributed by atoms with Crippen LogP contribution in [-0.2, 0) is 4.79 Å². The smallest absolute Gasteiger partial charge is 0.269 e. The summed E-state index contributed by atoms with van der Waals surface area (Å²) in [4.78, 5) is 30.5. The third kappa shape index (κ3) is 4.26. The number of aryl methyl sites for hydroxylation is 1. The molecule has 32 heavy (non-hydrogen) atoms. The highest BCUT2D eigenvalue weighted by Crippen LogP contribution is 2.28. The molecule has 1 saturated carbocycles. The molecule has 2 heterocycles. The Morgan fingerprint density at radius 2 is 2.00 bits per heavy atom. The van der Waals surface area contributed by atoms with Crippen LogP contribution in [0.1, 0.15) is 42.4 Å². The Bertz CT molecular complexity index is 1310. The summed E-state index contributed by atoms with van der Waals surface area (Å²) in [6.07, 6.45) is 6.77. The monoisotopic (exact) mass is 428 g/mol. The van der Waals surface area contributed by atoms with Crippen molar-refractivity contribution in [3.05, 3.63) is 75.2 Å². The number of amides is 1. The lowest BCUT2D eigenvalue weighted by molar-refractivity contribution is -0.117. The van der Waals surface area contributed by atoms with Crippen LogP contribution in [0.3, 0.4) is 0 Å². The molecule has 0 atom stereocenters. The summed E-state index contributed by atoms with van der Waals surface area (Å²) in [7, 11) is 0. The van der Waals surface area contributed by atoms with Crippen molar-refractivity contribution in [1.29, 1.82) is 5.26 Å². The Labute approximate surface area is 186 Å². The zero-order chi connectivity index (χ0) is 22.7. The molecule has 2 aromatic heterocycles. The van der Waals surface area contributed by atoms with Crippen molar-refractivity contribution in [2.45, 2.75) is 45.6 Å². The number of nitrogens with one attached hydrogen (secondary N) is 1. The molecule has 7 heteroatoms. The van der Waals surface area contributed by atoms with Gasteiger partial charge in [0.2, 0.25) is 5.88 Å². The normalized spacial score (nSPS) is 14.3. The van der Waals surface area contributed by atoms with Crippen molar-refractivity contribution in [1.82, 2.24) is 14.7 Å². The number of hydrogen-bond donors (Lipinski definition) is 1. The van der Waals surface area contributed by atoms with Crippen LogP contribution in [0.4, 0.5) is 0 Å². The summed E-state index contributed by atoms with van der Waals surface area (Å²) < 4.78 is 7.43. The number of nitriles is 1. The van der Waals surface area contributed by atoms with Crippen LogP contribution in [0.2, 0.25) is 0 Å². The van der Waals surface area contributed by atoms with Gasteiger partial charge in [-0.05, 0) is 62.1 Å². The van der Waals surface area contributed by atoms with E-state index in [-0.39, 0.29) is 23.1 Å². The molecule has 0 saturated heterocycles. The number of carbonyl (C=O) groups excluding carboxylic acids is 1. The van der Waals surface area contributed by atoms with E-state index >= 15 is 0 Å². The molecule has 7 nitrogen and oxygen atoms in total. The maximum atomic E-state index is 13.3. The standard InChI is InChI=1S/C25H24N4O3/c1-16-8-7-11-21(17(16)2)32-24-20(25(31)29-13-6-5-12-22(29)28-24)14-18(15-26)23(30)27-19-9-3-4-10-19/h5-8,11-14,19H,3-4,9-10H2,1-2H3,(H,27,30). The van der Waals surface area contributed by atoms with Gasteiger partial charge in [0.25, 0.3) is 11.5 Å². The number of aromatic nitrogens is 2. The second-order valence-corrected chi connectivity index (χ2v) is 7.99. The van der Waals surface area contributed by atoms with Crippen LogP contribution in [-0.4, -0.2) is 21.3 Å². The summed E-state index contributed by atoms with van der Waals surface area (Å²) in [6, 6.07) is 12.8. The number of nitrogens with zero attached hydrogens (tertiary/aromatic N) is 3. The molecule has 1 aromatic carbocycles. The number of fused-ring (bicyclic) bond motifs is 1. The lowest BCUT2D eigenvalue weighted by Crippen LogP contribution is -2.33. The summed E-state index contributed by atoms with van der Waals surface area (Å²) in [5.41, 5.74) is 1.83. The molecular weight excluding hydrogens is 404 g/mol. The van der Waals surface area contributed by atoms with E-state index in [1.165, 1.54) is 10.5 Å². The molecule has 1 N–H and O–H groups in total. The Kier molecular flexibility index (Phi) is 6.04. The molecule has 3 aromatic rings. The summed E-state index contributed by atoms with van der Waals surface area (Å²) in [5, 5.41) is 12.5. The zero-order valence-electron chi connectivity index (χ0n) is 18.1. The van der Waals surface area contributed by atoms with Gasteiger partial charge in [-0.3, -0.25) is 14.0 Å². The van der Waals surface area contributed by atoms with Crippen molar-refractivity contribution in [2.24, 2.45) is 0 Å². The van der Waals surface area contributed by atoms with Gasteiger partial charge in [0.05, 0.1) is 0 Å². The topological polar surface area (TPSA) is 96.5 Å². The van der Waals surface area contributed by atoms with Crippen molar-refractivity contribution in [2.75, 3.05) is 0 Å². The van der Waals surface area contributed by atoms with E-state index in [0.717, 1.165) is 36.8 Å². The first-order chi connectivity index (χ1) is 15.5. The zero-order valence-corrected chi connectivity index (χ0v) is 18.1. The largest absolute Gasteiger partial charge is 0.438 e. The molecule has 1 amide bonds. The maximum Gasteiger partial charge on any atom is 0.269 e. The van der Waals surface area contributed by atoms with Crippen molar-refractivity contribution in [3.8, 4) is 17.7 Å². The molecule has 0 unspecified atom stereocenters. The second-order valence-electron chi connectivity index (χ2n) is 7.99. The van der Waals surface area contributed by atoms with E-state index in [0.29, 0.717) is 11.4 Å². The van der Waals surface area contributed by atoms with E-state index in [4.69, 9.17) is 4.74 Å². The molecule has 1 aliphatic rings. The minimum Gasteiger partial charge on any atom is -0.438 e. The molecule has 1 fully saturated rings. The van der Waals surface area contributed by atoms with Gasteiger partial charge in [-0.25, -0.2) is 0 Å². The highest BCUT2D eigenvalue weighted by Gasteiger charge is 2.21. The van der Waals surface area contributed by atoms with E-state index < -0.39 is 11.5 Å². The number of pyridine rings is 1. The van der Waals surface area contributed by atoms with Gasteiger partial charge < -0.3 is 10.1 Å². The third-order valence-electron chi connectivity index (χ3n) is 5.84. The minimum absolute atomic E-state index is 0.0488. The first-order valence-electron chi connectivity index (χ1n) is 10.7. The SMILES string of the molecule is Cc1cccc(Oc2nc3ccccn3c(=O)c2C=C(C#N)C(=O)NC2CCCC2)c1C. The fourth-order valence-corrected chi connectivity index (χ4v) is 3.85. The van der Waals surface area contributed by atoms with Crippen molar-refractivity contribution < 1.29 is 9.53 Å². The summed E-state index contributed by atoms with van der Waals surface area (Å²) >= 11 is 0. The average molecular weight is 428 g/mol. The maximum absolute atomic E-state index is 13.3. The fraction of sp³-hybridized carbons (Fsp3) is 0.280. The van der Waals surface area contributed by atoms with E-state index in [1.807, 2.05) is 32.0 Å². The molecule has 1 aliphatic carbocycles. The van der Waals surface area contributed by atoms with Crippen LogP contribution >= 0.6 is 0 Å². The number of hydrogen-bond acceptors (Lipinski definition) is 5. The van der Waals surface area contributed by atoms with Crippen LogP contribution in [0.25, 0.3) is 11.7 Å². The molecule has 4 rings (SSSR count). The Morgan fingerprint density at radius 3 is 2.75 bits per heavy atom. The minimum atomic E-state index is -0.491. The van der Waals surface area contributed by atoms with Gasteiger partial charge in [-0.2, -0.15) is 10.2 Å². The highest BCUT2D eigenvalue weighted by molar-refractivity contribution is 6.02. The van der Waals surface area contributed by atoms with Crippen molar-refractivity contribution in [3.63, 3.8) is 0 Å². The second kappa shape index (κ2) is 9.06. The van der Waals surface area contributed by atoms with E-state index in [1.54, 1.807) is 30.5 Å². The Balaban J connectivity index is 1.81. The Morgan fingerprint density at radius 1 is 1.22 bits per heavy atom. The quantitative estimate of drug-likeness (QED) is 0.488. The molecular formula is C25H24N4O3. The molecule has 0 radical (unpaired) electrons. The summed E-state index contributed by atoms with van der Waals surface area (Å²) in [5.74, 6) is 0.117. The summed E-state index contributed by atoms with van der Waals surface area (Å²) in [6.45, 7) is 3.89. The molecule has 0 bridgehead atoms. The van der Waals surface area contributed by atoms with Gasteiger partial charge in [0, 0.05) is 12.2 Å². The number of ether oxygens (including phenoxy) is 1. The van der Waals surface area contributed by atoms with Crippen LogP contribution in [0, 0.1) is 25.2 Å². The lowest BCUT2D eigenvalue weighted by Gasteiger charge is -2.13. The van der Waals surface area contributed by atoms with Gasteiger partial charge in [-0.15, -0.1) is 0 Å². The molecule has 0 spiro atoms. The van der Waals surface area contributed by atoms with Crippen molar-refractivity contribution >= 4 is 17.6 Å². The first kappa shape index (κ1) is 21.3. The fourth-order valence-electron chi connectivity index (χ4n) is 3.85. The molecule has 0 aliphatic heterocycles. The predicted octanol–water partition coefficient (Wildman–Crippen LogP) is 4.07. The van der Waals surface area contributed by atoms with E-state index in [9.17, 15) is 14.9 Å². The average Bonchev–Trinajstić information content (AvgIpc) is 3.30. The van der Waals surface area contributed by atoms with Gasteiger partial charge in [0.15, 0.2) is 0 Å². The Hall–Kier alpha value is -3.92. The highest BCUT2D eigenvalue weighted by atomic mass is 16.5. The molecule has 162 valence electrons. The number of benzene rings is 1. The third-order valence-corrected chi connectivity index (χ3v) is 5.84.